The van der Waals surface area contributed by atoms with Crippen molar-refractivity contribution in [2.75, 3.05) is 0 Å². The first kappa shape index (κ1) is 19.7. The molecule has 0 aliphatic heterocycles. The molecule has 0 radical (unpaired) electrons. The smallest absolute Gasteiger partial charge is 0.328 e. The van der Waals surface area contributed by atoms with Crippen LogP contribution in [0, 0.1) is 0 Å². The maximum atomic E-state index is 10.8. The molecule has 1 aromatic carbocycles. The molecule has 0 saturated heterocycles. The second-order valence-electron chi connectivity index (χ2n) is 9.42. The van der Waals surface area contributed by atoms with Crippen LogP contribution in [-0.4, -0.2) is 11.1 Å². The third kappa shape index (κ3) is 4.10. The van der Waals surface area contributed by atoms with Crippen molar-refractivity contribution in [2.45, 2.75) is 77.6 Å². The highest BCUT2D eigenvalue weighted by Gasteiger charge is 2.37. The van der Waals surface area contributed by atoms with Crippen LogP contribution in [0.15, 0.2) is 42.0 Å². The van der Waals surface area contributed by atoms with E-state index < -0.39 is 5.97 Å². The van der Waals surface area contributed by atoms with Crippen molar-refractivity contribution in [3.05, 3.63) is 64.3 Å². The highest BCUT2D eigenvalue weighted by atomic mass is 16.4. The molecule has 0 amide bonds. The van der Waals surface area contributed by atoms with Gasteiger partial charge in [0.1, 0.15) is 0 Å². The Morgan fingerprint density at radius 2 is 1.74 bits per heavy atom. The van der Waals surface area contributed by atoms with Crippen LogP contribution >= 0.6 is 0 Å². The molecule has 1 N–H and O–H groups in total. The average Bonchev–Trinajstić information content (AvgIpc) is 2.57. The van der Waals surface area contributed by atoms with Gasteiger partial charge in [-0.1, -0.05) is 58.1 Å². The first-order valence-corrected chi connectivity index (χ1v) is 10.1. The Balaban J connectivity index is 1.95. The van der Waals surface area contributed by atoms with Crippen molar-refractivity contribution in [3.63, 3.8) is 0 Å². The monoisotopic (exact) mass is 364 g/mol. The Morgan fingerprint density at radius 1 is 1.11 bits per heavy atom. The fraction of sp³-hybridized carbons (Fsp3) is 0.480. The number of carboxylic acids is 1. The van der Waals surface area contributed by atoms with E-state index in [1.54, 1.807) is 0 Å². The van der Waals surface area contributed by atoms with Crippen LogP contribution in [0.4, 0.5) is 0 Å². The molecule has 0 spiro atoms. The predicted molar refractivity (Wildman–Crippen MR) is 113 cm³/mol. The molecule has 1 aromatic rings. The molecule has 2 aliphatic rings. The van der Waals surface area contributed by atoms with Crippen LogP contribution in [-0.2, 0) is 22.0 Å². The summed E-state index contributed by atoms with van der Waals surface area (Å²) in [6.07, 6.45) is 13.1. The van der Waals surface area contributed by atoms with Crippen LogP contribution in [0.25, 0.3) is 5.57 Å². The van der Waals surface area contributed by atoms with E-state index >= 15 is 0 Å². The molecular weight excluding hydrogens is 332 g/mol. The predicted octanol–water partition coefficient (Wildman–Crippen LogP) is 6.34. The molecule has 3 rings (SSSR count). The molecule has 2 nitrogen and oxygen atoms in total. The molecule has 2 heteroatoms. The number of hydrogen-bond acceptors (Lipinski definition) is 1. The van der Waals surface area contributed by atoms with Crippen molar-refractivity contribution in [1.82, 2.24) is 0 Å². The van der Waals surface area contributed by atoms with Gasteiger partial charge in [-0.25, -0.2) is 4.79 Å². The van der Waals surface area contributed by atoms with Crippen LogP contribution < -0.4 is 0 Å². The van der Waals surface area contributed by atoms with E-state index in [9.17, 15) is 4.79 Å². The second-order valence-corrected chi connectivity index (χ2v) is 9.42. The average molecular weight is 365 g/mol. The van der Waals surface area contributed by atoms with Gasteiger partial charge in [0.2, 0.25) is 0 Å². The van der Waals surface area contributed by atoms with Gasteiger partial charge in [-0.3, -0.25) is 0 Å². The van der Waals surface area contributed by atoms with Gasteiger partial charge in [0.15, 0.2) is 0 Å². The summed E-state index contributed by atoms with van der Waals surface area (Å²) in [4.78, 5) is 10.8. The quantitative estimate of drug-likeness (QED) is 0.500. The molecule has 0 fully saturated rings. The van der Waals surface area contributed by atoms with E-state index in [0.29, 0.717) is 0 Å². The number of aryl methyl sites for hydroxylation is 1. The van der Waals surface area contributed by atoms with E-state index in [2.05, 4.69) is 52.0 Å². The number of rotatable bonds is 4. The number of carboxylic acid groups (broad SMARTS) is 1. The lowest BCUT2D eigenvalue weighted by Gasteiger charge is -2.43. The third-order valence-electron chi connectivity index (χ3n) is 6.30. The fourth-order valence-corrected chi connectivity index (χ4v) is 4.48. The maximum Gasteiger partial charge on any atom is 0.328 e. The summed E-state index contributed by atoms with van der Waals surface area (Å²) in [7, 11) is 0. The lowest BCUT2D eigenvalue weighted by Crippen LogP contribution is -2.34. The standard InChI is InChI=1S/C25H32O2/c1-17(14-23(26)27)8-6-9-18-10-7-11-19-15-21-22(16-20(18)19)25(4,5)13-12-24(21,2)3/h6,8,10,14-16H,7,9,11-13H2,1-5H3,(H,26,27)/b8-6+,17-14+. The van der Waals surface area contributed by atoms with Crippen molar-refractivity contribution >= 4 is 11.5 Å². The van der Waals surface area contributed by atoms with Gasteiger partial charge in [0, 0.05) is 6.08 Å². The first-order chi connectivity index (χ1) is 12.6. The van der Waals surface area contributed by atoms with Crippen molar-refractivity contribution in [1.29, 1.82) is 0 Å². The lowest BCUT2D eigenvalue weighted by molar-refractivity contribution is -0.131. The summed E-state index contributed by atoms with van der Waals surface area (Å²) in [6.45, 7) is 11.3. The zero-order chi connectivity index (χ0) is 19.8. The molecule has 0 atom stereocenters. The fourth-order valence-electron chi connectivity index (χ4n) is 4.48. The van der Waals surface area contributed by atoms with Gasteiger partial charge in [-0.15, -0.1) is 0 Å². The molecule has 0 saturated carbocycles. The molecule has 0 bridgehead atoms. The Morgan fingerprint density at radius 3 is 2.37 bits per heavy atom. The maximum absolute atomic E-state index is 10.8. The number of hydrogen-bond donors (Lipinski definition) is 1. The SMILES string of the molecule is CC(/C=C/CC1=CCCc2cc3c(cc21)C(C)(C)CCC3(C)C)=C\C(=O)O. The number of benzene rings is 1. The molecule has 27 heavy (non-hydrogen) atoms. The van der Waals surface area contributed by atoms with Crippen LogP contribution in [0.3, 0.4) is 0 Å². The minimum absolute atomic E-state index is 0.221. The van der Waals surface area contributed by atoms with Crippen LogP contribution in [0.5, 0.6) is 0 Å². The number of carbonyl (C=O) groups is 1. The summed E-state index contributed by atoms with van der Waals surface area (Å²) >= 11 is 0. The molecular formula is C25H32O2. The summed E-state index contributed by atoms with van der Waals surface area (Å²) in [5, 5.41) is 8.84. The van der Waals surface area contributed by atoms with E-state index in [1.807, 2.05) is 13.0 Å². The largest absolute Gasteiger partial charge is 0.478 e. The Bertz CT molecular complexity index is 847. The molecule has 0 heterocycles. The van der Waals surface area contributed by atoms with Crippen LogP contribution in [0.1, 0.15) is 82.6 Å². The van der Waals surface area contributed by atoms with Gasteiger partial charge in [0.25, 0.3) is 0 Å². The highest BCUT2D eigenvalue weighted by Crippen LogP contribution is 2.48. The Hall–Kier alpha value is -2.09. The zero-order valence-corrected chi connectivity index (χ0v) is 17.4. The second kappa shape index (κ2) is 7.14. The number of fused-ring (bicyclic) bond motifs is 2. The van der Waals surface area contributed by atoms with Gasteiger partial charge in [-0.2, -0.15) is 0 Å². The van der Waals surface area contributed by atoms with Gasteiger partial charge in [0.05, 0.1) is 0 Å². The van der Waals surface area contributed by atoms with E-state index in [4.69, 9.17) is 5.11 Å². The van der Waals surface area contributed by atoms with E-state index in [1.165, 1.54) is 46.7 Å². The number of allylic oxidation sites excluding steroid dienone is 5. The van der Waals surface area contributed by atoms with Crippen molar-refractivity contribution in [2.24, 2.45) is 0 Å². The minimum atomic E-state index is -0.893. The number of aliphatic carboxylic acids is 1. The summed E-state index contributed by atoms with van der Waals surface area (Å²) in [5.74, 6) is -0.893. The zero-order valence-electron chi connectivity index (χ0n) is 17.4. The molecule has 0 aromatic heterocycles. The lowest BCUT2D eigenvalue weighted by atomic mass is 9.62. The summed E-state index contributed by atoms with van der Waals surface area (Å²) < 4.78 is 0. The van der Waals surface area contributed by atoms with E-state index in [0.717, 1.165) is 24.8 Å². The van der Waals surface area contributed by atoms with Gasteiger partial charge >= 0.3 is 5.97 Å². The summed E-state index contributed by atoms with van der Waals surface area (Å²) in [5.41, 5.74) is 8.54. The first-order valence-electron chi connectivity index (χ1n) is 10.1. The van der Waals surface area contributed by atoms with E-state index in [-0.39, 0.29) is 10.8 Å². The topological polar surface area (TPSA) is 37.3 Å². The summed E-state index contributed by atoms with van der Waals surface area (Å²) in [6, 6.07) is 4.95. The highest BCUT2D eigenvalue weighted by molar-refractivity contribution is 5.81. The van der Waals surface area contributed by atoms with Crippen LogP contribution in [0.2, 0.25) is 0 Å². The Labute approximate surface area is 163 Å². The molecule has 2 aliphatic carbocycles. The van der Waals surface area contributed by atoms with Crippen molar-refractivity contribution in [3.8, 4) is 0 Å². The van der Waals surface area contributed by atoms with Crippen molar-refractivity contribution < 1.29 is 9.90 Å². The molecule has 0 unspecified atom stereocenters. The molecule has 144 valence electrons. The third-order valence-corrected chi connectivity index (χ3v) is 6.30. The normalized spacial score (nSPS) is 20.8. The van der Waals surface area contributed by atoms with Gasteiger partial charge in [-0.05, 0) is 83.3 Å². The minimum Gasteiger partial charge on any atom is -0.478 e. The van der Waals surface area contributed by atoms with Gasteiger partial charge < -0.3 is 5.11 Å². The Kier molecular flexibility index (Phi) is 5.20.